The Bertz CT molecular complexity index is 368. The zero-order valence-corrected chi connectivity index (χ0v) is 13.3. The van der Waals surface area contributed by atoms with Crippen molar-refractivity contribution in [3.63, 3.8) is 0 Å². The number of benzene rings is 1. The molecule has 0 aliphatic heterocycles. The molecule has 0 heterocycles. The second kappa shape index (κ2) is 9.65. The van der Waals surface area contributed by atoms with Crippen LogP contribution in [-0.4, -0.2) is 25.3 Å². The lowest BCUT2D eigenvalue weighted by atomic mass is 10.2. The van der Waals surface area contributed by atoms with Crippen molar-refractivity contribution in [3.8, 4) is 11.5 Å². The van der Waals surface area contributed by atoms with Crippen molar-refractivity contribution in [2.24, 2.45) is 0 Å². The Hall–Kier alpha value is -1.22. The standard InChI is InChI=1S/C17H29NO2/c1-5-9-14(3)18-13-15(4)20-17-11-8-7-10-16(17)19-12-6-2/h7-8,10-11,14-15,18H,5-6,9,12-13H2,1-4H3. The minimum Gasteiger partial charge on any atom is -0.490 e. The molecule has 0 fully saturated rings. The Morgan fingerprint density at radius 1 is 1.05 bits per heavy atom. The molecule has 1 rings (SSSR count). The minimum absolute atomic E-state index is 0.126. The number of para-hydroxylation sites is 2. The van der Waals surface area contributed by atoms with Gasteiger partial charge in [0.05, 0.1) is 6.61 Å². The number of ether oxygens (including phenoxy) is 2. The first-order valence-corrected chi connectivity index (χ1v) is 7.79. The summed E-state index contributed by atoms with van der Waals surface area (Å²) in [6, 6.07) is 8.43. The Morgan fingerprint density at radius 3 is 2.40 bits per heavy atom. The first-order chi connectivity index (χ1) is 9.67. The average molecular weight is 279 g/mol. The second-order valence-electron chi connectivity index (χ2n) is 5.32. The van der Waals surface area contributed by atoms with Gasteiger partial charge in [-0.05, 0) is 38.8 Å². The third-order valence-corrected chi connectivity index (χ3v) is 3.11. The van der Waals surface area contributed by atoms with Gasteiger partial charge < -0.3 is 14.8 Å². The zero-order valence-electron chi connectivity index (χ0n) is 13.3. The largest absolute Gasteiger partial charge is 0.490 e. The van der Waals surface area contributed by atoms with Gasteiger partial charge in [0.2, 0.25) is 0 Å². The van der Waals surface area contributed by atoms with Crippen LogP contribution in [0.25, 0.3) is 0 Å². The molecule has 2 unspecified atom stereocenters. The maximum absolute atomic E-state index is 5.98. The fourth-order valence-corrected chi connectivity index (χ4v) is 2.04. The molecule has 0 saturated carbocycles. The van der Waals surface area contributed by atoms with E-state index in [1.54, 1.807) is 0 Å². The molecule has 1 aromatic rings. The molecular formula is C17H29NO2. The Kier molecular flexibility index (Phi) is 8.12. The molecule has 2 atom stereocenters. The predicted molar refractivity (Wildman–Crippen MR) is 84.7 cm³/mol. The van der Waals surface area contributed by atoms with Crippen LogP contribution in [0.5, 0.6) is 11.5 Å². The van der Waals surface area contributed by atoms with E-state index in [0.717, 1.165) is 31.1 Å². The van der Waals surface area contributed by atoms with Gasteiger partial charge in [-0.3, -0.25) is 0 Å². The van der Waals surface area contributed by atoms with E-state index in [1.165, 1.54) is 12.8 Å². The van der Waals surface area contributed by atoms with Crippen molar-refractivity contribution < 1.29 is 9.47 Å². The SMILES string of the molecule is CCCOc1ccccc1OC(C)CNC(C)CCC. The summed E-state index contributed by atoms with van der Waals surface area (Å²) in [7, 11) is 0. The molecule has 3 nitrogen and oxygen atoms in total. The van der Waals surface area contributed by atoms with Crippen LogP contribution < -0.4 is 14.8 Å². The summed E-state index contributed by atoms with van der Waals surface area (Å²) in [6.45, 7) is 10.2. The van der Waals surface area contributed by atoms with E-state index in [0.29, 0.717) is 6.04 Å². The van der Waals surface area contributed by atoms with Crippen LogP contribution in [0.15, 0.2) is 24.3 Å². The molecule has 0 aliphatic rings. The van der Waals surface area contributed by atoms with Crippen molar-refractivity contribution in [3.05, 3.63) is 24.3 Å². The zero-order chi connectivity index (χ0) is 14.8. The van der Waals surface area contributed by atoms with Crippen molar-refractivity contribution in [2.45, 2.75) is 59.1 Å². The third-order valence-electron chi connectivity index (χ3n) is 3.11. The van der Waals surface area contributed by atoms with Gasteiger partial charge >= 0.3 is 0 Å². The van der Waals surface area contributed by atoms with Crippen molar-refractivity contribution in [1.29, 1.82) is 0 Å². The van der Waals surface area contributed by atoms with Gasteiger partial charge in [0, 0.05) is 12.6 Å². The van der Waals surface area contributed by atoms with E-state index in [1.807, 2.05) is 24.3 Å². The number of rotatable bonds is 10. The first kappa shape index (κ1) is 16.8. The second-order valence-corrected chi connectivity index (χ2v) is 5.32. The van der Waals surface area contributed by atoms with Crippen molar-refractivity contribution in [2.75, 3.05) is 13.2 Å². The molecule has 1 N–H and O–H groups in total. The number of hydrogen-bond acceptors (Lipinski definition) is 3. The molecule has 0 aromatic heterocycles. The van der Waals surface area contributed by atoms with Crippen LogP contribution in [0.1, 0.15) is 47.0 Å². The average Bonchev–Trinajstić information content (AvgIpc) is 2.44. The molecule has 0 radical (unpaired) electrons. The summed E-state index contributed by atoms with van der Waals surface area (Å²) in [5, 5.41) is 3.50. The topological polar surface area (TPSA) is 30.5 Å². The molecule has 0 saturated heterocycles. The third kappa shape index (κ3) is 6.29. The normalized spacial score (nSPS) is 13.8. The summed E-state index contributed by atoms with van der Waals surface area (Å²) in [5.41, 5.74) is 0. The molecule has 3 heteroatoms. The fourth-order valence-electron chi connectivity index (χ4n) is 2.04. The molecule has 1 aromatic carbocycles. The highest BCUT2D eigenvalue weighted by Gasteiger charge is 2.10. The van der Waals surface area contributed by atoms with E-state index < -0.39 is 0 Å². The molecule has 0 amide bonds. The van der Waals surface area contributed by atoms with E-state index >= 15 is 0 Å². The van der Waals surface area contributed by atoms with Gasteiger partial charge in [0.15, 0.2) is 11.5 Å². The lowest BCUT2D eigenvalue weighted by Crippen LogP contribution is -2.35. The molecule has 20 heavy (non-hydrogen) atoms. The summed E-state index contributed by atoms with van der Waals surface area (Å²) in [6.07, 6.45) is 3.53. The Balaban J connectivity index is 2.46. The summed E-state index contributed by atoms with van der Waals surface area (Å²) in [5.74, 6) is 1.67. The van der Waals surface area contributed by atoms with E-state index in [9.17, 15) is 0 Å². The maximum Gasteiger partial charge on any atom is 0.161 e. The number of nitrogens with one attached hydrogen (secondary N) is 1. The van der Waals surface area contributed by atoms with Gasteiger partial charge in [-0.15, -0.1) is 0 Å². The molecular weight excluding hydrogens is 250 g/mol. The smallest absolute Gasteiger partial charge is 0.161 e. The predicted octanol–water partition coefficient (Wildman–Crippen LogP) is 4.02. The summed E-state index contributed by atoms with van der Waals surface area (Å²) < 4.78 is 11.7. The van der Waals surface area contributed by atoms with Crippen LogP contribution in [-0.2, 0) is 0 Å². The fraction of sp³-hybridized carbons (Fsp3) is 0.647. The number of hydrogen-bond donors (Lipinski definition) is 1. The molecule has 0 bridgehead atoms. The molecule has 114 valence electrons. The van der Waals surface area contributed by atoms with Crippen LogP contribution in [0.2, 0.25) is 0 Å². The summed E-state index contributed by atoms with van der Waals surface area (Å²) >= 11 is 0. The summed E-state index contributed by atoms with van der Waals surface area (Å²) in [4.78, 5) is 0. The minimum atomic E-state index is 0.126. The van der Waals surface area contributed by atoms with E-state index in [2.05, 4.69) is 33.0 Å². The van der Waals surface area contributed by atoms with Crippen molar-refractivity contribution in [1.82, 2.24) is 5.32 Å². The Labute approximate surface area is 123 Å². The highest BCUT2D eigenvalue weighted by Crippen LogP contribution is 2.27. The lowest BCUT2D eigenvalue weighted by Gasteiger charge is -2.20. The maximum atomic E-state index is 5.98. The first-order valence-electron chi connectivity index (χ1n) is 7.79. The Morgan fingerprint density at radius 2 is 1.75 bits per heavy atom. The van der Waals surface area contributed by atoms with Gasteiger partial charge in [0.1, 0.15) is 6.10 Å². The van der Waals surface area contributed by atoms with Gasteiger partial charge in [0.25, 0.3) is 0 Å². The molecule has 0 spiro atoms. The van der Waals surface area contributed by atoms with E-state index in [-0.39, 0.29) is 6.10 Å². The van der Waals surface area contributed by atoms with Crippen LogP contribution >= 0.6 is 0 Å². The van der Waals surface area contributed by atoms with Crippen LogP contribution in [0.3, 0.4) is 0 Å². The van der Waals surface area contributed by atoms with Crippen LogP contribution in [0, 0.1) is 0 Å². The van der Waals surface area contributed by atoms with Gasteiger partial charge in [-0.1, -0.05) is 32.4 Å². The lowest BCUT2D eigenvalue weighted by molar-refractivity contribution is 0.197. The van der Waals surface area contributed by atoms with E-state index in [4.69, 9.17) is 9.47 Å². The highest BCUT2D eigenvalue weighted by atomic mass is 16.5. The van der Waals surface area contributed by atoms with Gasteiger partial charge in [-0.2, -0.15) is 0 Å². The van der Waals surface area contributed by atoms with Gasteiger partial charge in [-0.25, -0.2) is 0 Å². The van der Waals surface area contributed by atoms with Crippen molar-refractivity contribution >= 4 is 0 Å². The quantitative estimate of drug-likeness (QED) is 0.701. The van der Waals surface area contributed by atoms with Crippen LogP contribution in [0.4, 0.5) is 0 Å². The highest BCUT2D eigenvalue weighted by molar-refractivity contribution is 5.39. The monoisotopic (exact) mass is 279 g/mol. The molecule has 0 aliphatic carbocycles.